The number of carbonyl (C=O) groups excluding carboxylic acids is 2. The molecule has 3 rings (SSSR count). The highest BCUT2D eigenvalue weighted by molar-refractivity contribution is 7.91. The predicted molar refractivity (Wildman–Crippen MR) is 119 cm³/mol. The topological polar surface area (TPSA) is 114 Å². The Morgan fingerprint density at radius 3 is 2.53 bits per heavy atom. The molecule has 0 N–H and O–H groups in total. The first kappa shape index (κ1) is 23.5. The molecule has 2 heterocycles. The van der Waals surface area contributed by atoms with Crippen LogP contribution in [-0.4, -0.2) is 55.9 Å². The van der Waals surface area contributed by atoms with Crippen molar-refractivity contribution in [1.29, 1.82) is 5.26 Å². The van der Waals surface area contributed by atoms with E-state index in [1.165, 1.54) is 0 Å². The Labute approximate surface area is 188 Å². The van der Waals surface area contributed by atoms with Gasteiger partial charge in [-0.05, 0) is 56.0 Å². The summed E-state index contributed by atoms with van der Waals surface area (Å²) in [7, 11) is -3.33. The van der Waals surface area contributed by atoms with Gasteiger partial charge < -0.3 is 9.47 Å². The predicted octanol–water partition coefficient (Wildman–Crippen LogP) is 2.65. The van der Waals surface area contributed by atoms with Gasteiger partial charge in [0.2, 0.25) is 0 Å². The number of hydrogen-bond donors (Lipinski definition) is 0. The normalized spacial score (nSPS) is 21.8. The van der Waals surface area contributed by atoms with Crippen LogP contribution < -0.4 is 9.47 Å². The summed E-state index contributed by atoms with van der Waals surface area (Å²) in [5, 5.41) is 9.55. The summed E-state index contributed by atoms with van der Waals surface area (Å²) in [5.41, 5.74) is 0.915. The zero-order valence-electron chi connectivity index (χ0n) is 18.4. The van der Waals surface area contributed by atoms with Gasteiger partial charge in [-0.3, -0.25) is 14.5 Å². The second-order valence-electron chi connectivity index (χ2n) is 7.69. The molecule has 0 radical (unpaired) electrons. The highest BCUT2D eigenvalue weighted by Crippen LogP contribution is 2.33. The van der Waals surface area contributed by atoms with Crippen LogP contribution in [0.4, 0.5) is 0 Å². The van der Waals surface area contributed by atoms with Gasteiger partial charge in [-0.2, -0.15) is 5.26 Å². The van der Waals surface area contributed by atoms with Crippen molar-refractivity contribution in [2.45, 2.75) is 39.7 Å². The zero-order chi connectivity index (χ0) is 23.5. The van der Waals surface area contributed by atoms with Crippen LogP contribution in [0.15, 0.2) is 34.9 Å². The maximum Gasteiger partial charge on any atom is 0.271 e. The summed E-state index contributed by atoms with van der Waals surface area (Å²) in [6, 6.07) is 6.34. The van der Waals surface area contributed by atoms with Crippen molar-refractivity contribution in [1.82, 2.24) is 4.90 Å². The van der Waals surface area contributed by atoms with E-state index in [0.29, 0.717) is 30.3 Å². The molecule has 1 saturated heterocycles. The second kappa shape index (κ2) is 9.57. The van der Waals surface area contributed by atoms with Gasteiger partial charge in [0.15, 0.2) is 21.3 Å². The largest absolute Gasteiger partial charge is 0.490 e. The first-order chi connectivity index (χ1) is 15.2. The third kappa shape index (κ3) is 4.70. The number of benzene rings is 1. The van der Waals surface area contributed by atoms with Crippen molar-refractivity contribution in [2.24, 2.45) is 0 Å². The average molecular weight is 459 g/mol. The van der Waals surface area contributed by atoms with Crippen LogP contribution in [0.1, 0.15) is 39.2 Å². The molecule has 0 saturated carbocycles. The lowest BCUT2D eigenvalue weighted by Crippen LogP contribution is -2.49. The fourth-order valence-corrected chi connectivity index (χ4v) is 5.49. The molecule has 9 heteroatoms. The summed E-state index contributed by atoms with van der Waals surface area (Å²) >= 11 is 0. The molecule has 1 aromatic rings. The number of sulfone groups is 1. The lowest BCUT2D eigenvalue weighted by Gasteiger charge is -2.31. The Hall–Kier alpha value is -3.12. The molecule has 0 bridgehead atoms. The van der Waals surface area contributed by atoms with Crippen LogP contribution in [0.25, 0.3) is 6.08 Å². The van der Waals surface area contributed by atoms with Gasteiger partial charge in [-0.15, -0.1) is 0 Å². The van der Waals surface area contributed by atoms with E-state index >= 15 is 0 Å². The number of nitriles is 1. The van der Waals surface area contributed by atoms with Crippen molar-refractivity contribution in [3.8, 4) is 17.6 Å². The first-order valence-electron chi connectivity index (χ1n) is 10.5. The molecular formula is C23H26N2O6S. The van der Waals surface area contributed by atoms with Crippen LogP contribution in [0.2, 0.25) is 0 Å². The van der Waals surface area contributed by atoms with E-state index in [2.05, 4.69) is 0 Å². The molecule has 2 amide bonds. The Morgan fingerprint density at radius 1 is 1.19 bits per heavy atom. The van der Waals surface area contributed by atoms with E-state index in [4.69, 9.17) is 9.47 Å². The summed E-state index contributed by atoms with van der Waals surface area (Å²) < 4.78 is 35.2. The molecule has 170 valence electrons. The van der Waals surface area contributed by atoms with Crippen molar-refractivity contribution in [3.05, 3.63) is 40.5 Å². The van der Waals surface area contributed by atoms with Crippen LogP contribution >= 0.6 is 0 Å². The van der Waals surface area contributed by atoms with Gasteiger partial charge >= 0.3 is 0 Å². The summed E-state index contributed by atoms with van der Waals surface area (Å²) in [6.07, 6.45) is 2.60. The third-order valence-electron chi connectivity index (χ3n) is 5.39. The Bertz CT molecular complexity index is 1140. The van der Waals surface area contributed by atoms with Gasteiger partial charge in [0.05, 0.1) is 30.8 Å². The third-order valence-corrected chi connectivity index (χ3v) is 7.14. The summed E-state index contributed by atoms with van der Waals surface area (Å²) in [4.78, 5) is 27.0. The van der Waals surface area contributed by atoms with Gasteiger partial charge in [0, 0.05) is 5.57 Å². The van der Waals surface area contributed by atoms with Crippen LogP contribution in [0.5, 0.6) is 11.5 Å². The van der Waals surface area contributed by atoms with Gasteiger partial charge in [-0.1, -0.05) is 13.0 Å². The summed E-state index contributed by atoms with van der Waals surface area (Å²) in [5.74, 6) is -0.604. The highest BCUT2D eigenvalue weighted by Gasteiger charge is 2.43. The fourth-order valence-electron chi connectivity index (χ4n) is 3.79. The van der Waals surface area contributed by atoms with E-state index in [9.17, 15) is 23.3 Å². The molecule has 0 aliphatic carbocycles. The van der Waals surface area contributed by atoms with Crippen LogP contribution in [0, 0.1) is 11.3 Å². The van der Waals surface area contributed by atoms with Gasteiger partial charge in [0.25, 0.3) is 11.8 Å². The number of carbonyl (C=O) groups is 2. The number of ether oxygens (including phenoxy) is 2. The minimum absolute atomic E-state index is 0.0880. The molecule has 8 nitrogen and oxygen atoms in total. The average Bonchev–Trinajstić information content (AvgIpc) is 3.10. The minimum atomic E-state index is -3.33. The Kier molecular flexibility index (Phi) is 7.04. The first-order valence-corrected chi connectivity index (χ1v) is 12.4. The van der Waals surface area contributed by atoms with E-state index in [1.54, 1.807) is 31.2 Å². The molecule has 1 unspecified atom stereocenters. The van der Waals surface area contributed by atoms with Crippen molar-refractivity contribution in [3.63, 3.8) is 0 Å². The molecular weight excluding hydrogens is 432 g/mol. The maximum absolute atomic E-state index is 13.3. The summed E-state index contributed by atoms with van der Waals surface area (Å²) in [6.45, 7) is 6.36. The zero-order valence-corrected chi connectivity index (χ0v) is 19.2. The molecule has 2 aliphatic rings. The minimum Gasteiger partial charge on any atom is -0.490 e. The molecule has 1 aromatic carbocycles. The highest BCUT2D eigenvalue weighted by atomic mass is 32.2. The smallest absolute Gasteiger partial charge is 0.271 e. The number of rotatable bonds is 7. The SMILES string of the molecule is CCCOc1ccc(/C=C2\C(=O)N(C3CCS(=O)(=O)C3)C(=O)C(C#N)=C2C)cc1OCC. The van der Waals surface area contributed by atoms with Crippen molar-refractivity contribution < 1.29 is 27.5 Å². The lowest BCUT2D eigenvalue weighted by atomic mass is 9.92. The number of hydrogen-bond acceptors (Lipinski definition) is 7. The molecule has 1 atom stereocenters. The molecule has 2 aliphatic heterocycles. The molecule has 0 aromatic heterocycles. The van der Waals surface area contributed by atoms with Gasteiger partial charge in [-0.25, -0.2) is 8.42 Å². The quantitative estimate of drug-likeness (QED) is 0.456. The molecule has 0 spiro atoms. The monoisotopic (exact) mass is 458 g/mol. The fraction of sp³-hybridized carbons (Fsp3) is 0.435. The van der Waals surface area contributed by atoms with E-state index < -0.39 is 27.7 Å². The number of amides is 2. The lowest BCUT2D eigenvalue weighted by molar-refractivity contribution is -0.142. The van der Waals surface area contributed by atoms with Crippen molar-refractivity contribution in [2.75, 3.05) is 24.7 Å². The second-order valence-corrected chi connectivity index (χ2v) is 9.92. The standard InChI is InChI=1S/C23H26N2O6S/c1-4-9-31-20-7-6-16(12-21(20)30-5-2)11-18-15(3)19(13-24)23(27)25(22(18)26)17-8-10-32(28,29)14-17/h6-7,11-12,17H,4-5,8-10,14H2,1-3H3/b18-11-. The number of imide groups is 1. The Balaban J connectivity index is 2.04. The van der Waals surface area contributed by atoms with E-state index in [0.717, 1.165) is 11.3 Å². The molecule has 32 heavy (non-hydrogen) atoms. The van der Waals surface area contributed by atoms with Crippen LogP contribution in [0.3, 0.4) is 0 Å². The van der Waals surface area contributed by atoms with E-state index in [-0.39, 0.29) is 34.6 Å². The maximum atomic E-state index is 13.3. The number of nitrogens with zero attached hydrogens (tertiary/aromatic N) is 2. The Morgan fingerprint density at radius 2 is 1.94 bits per heavy atom. The van der Waals surface area contributed by atoms with E-state index in [1.807, 2.05) is 19.9 Å². The molecule has 1 fully saturated rings. The van der Waals surface area contributed by atoms with Crippen molar-refractivity contribution >= 4 is 27.7 Å². The van der Waals surface area contributed by atoms with Gasteiger partial charge in [0.1, 0.15) is 11.6 Å². The van der Waals surface area contributed by atoms with Crippen LogP contribution in [-0.2, 0) is 19.4 Å².